The highest BCUT2D eigenvalue weighted by Crippen LogP contribution is 2.56. The van der Waals surface area contributed by atoms with Crippen LogP contribution in [0.2, 0.25) is 10.0 Å². The third-order valence-electron chi connectivity index (χ3n) is 7.30. The number of amides is 3. The fourth-order valence-electron chi connectivity index (χ4n) is 5.76. The second kappa shape index (κ2) is 8.26. The second-order valence-corrected chi connectivity index (χ2v) is 9.87. The smallest absolute Gasteiger partial charge is 0.273 e. The molecule has 1 saturated heterocycles. The number of benzene rings is 2. The van der Waals surface area contributed by atoms with Gasteiger partial charge in [-0.1, -0.05) is 53.5 Å². The first-order chi connectivity index (χ1) is 15.8. The van der Waals surface area contributed by atoms with Crippen LogP contribution in [0.1, 0.15) is 46.9 Å². The highest BCUT2D eigenvalue weighted by atomic mass is 35.5. The number of halogens is 2. The van der Waals surface area contributed by atoms with Crippen molar-refractivity contribution in [3.8, 4) is 0 Å². The Labute approximate surface area is 201 Å². The van der Waals surface area contributed by atoms with Gasteiger partial charge in [0.25, 0.3) is 17.7 Å². The molecule has 6 nitrogen and oxygen atoms in total. The number of imide groups is 1. The van der Waals surface area contributed by atoms with Crippen LogP contribution in [0.5, 0.6) is 0 Å². The van der Waals surface area contributed by atoms with E-state index in [1.807, 2.05) is 0 Å². The Morgan fingerprint density at radius 2 is 1.52 bits per heavy atom. The molecule has 3 aliphatic rings. The first-order valence-corrected chi connectivity index (χ1v) is 11.8. The number of fused-ring (bicyclic) bond motifs is 5. The number of ketones is 1. The molecule has 8 heteroatoms. The van der Waals surface area contributed by atoms with E-state index in [2.05, 4.69) is 0 Å². The van der Waals surface area contributed by atoms with Gasteiger partial charge in [0.15, 0.2) is 5.78 Å². The Hall–Kier alpha value is -2.70. The molecule has 3 amide bonds. The normalized spacial score (nSPS) is 26.5. The molecule has 3 fully saturated rings. The van der Waals surface area contributed by atoms with Crippen LogP contribution in [0.15, 0.2) is 48.5 Å². The van der Waals surface area contributed by atoms with E-state index in [1.165, 1.54) is 25.1 Å². The summed E-state index contributed by atoms with van der Waals surface area (Å²) in [5.41, 5.74) is 0.522. The number of hydrogen-bond acceptors (Lipinski definition) is 4. The summed E-state index contributed by atoms with van der Waals surface area (Å²) in [6.07, 6.45) is 2.70. The van der Waals surface area contributed by atoms with E-state index in [0.29, 0.717) is 5.56 Å². The van der Waals surface area contributed by atoms with Gasteiger partial charge in [-0.3, -0.25) is 19.2 Å². The molecule has 2 saturated carbocycles. The van der Waals surface area contributed by atoms with Gasteiger partial charge in [-0.2, -0.15) is 5.01 Å². The molecule has 5 atom stereocenters. The van der Waals surface area contributed by atoms with Crippen LogP contribution < -0.4 is 0 Å². The topological polar surface area (TPSA) is 74.8 Å². The van der Waals surface area contributed by atoms with Crippen molar-refractivity contribution in [3.63, 3.8) is 0 Å². The van der Waals surface area contributed by atoms with Crippen LogP contribution in [0, 0.1) is 23.7 Å². The predicted octanol–water partition coefficient (Wildman–Crippen LogP) is 4.65. The van der Waals surface area contributed by atoms with Gasteiger partial charge in [0, 0.05) is 11.1 Å². The van der Waals surface area contributed by atoms with Crippen LogP contribution in [0.4, 0.5) is 0 Å². The number of nitrogens with zero attached hydrogens (tertiary/aromatic N) is 2. The van der Waals surface area contributed by atoms with Gasteiger partial charge < -0.3 is 0 Å². The minimum absolute atomic E-state index is 0.137. The SMILES string of the molecule is C[C@@H](C(=O)c1ccccc1)N(C(=O)c1ccc(Cl)c(Cl)c1)N1C(=O)[C@@H]2[C@H]3CC[C@@H](C3)[C@@H]2C1=O. The van der Waals surface area contributed by atoms with E-state index >= 15 is 0 Å². The molecule has 2 aliphatic carbocycles. The molecule has 0 spiro atoms. The summed E-state index contributed by atoms with van der Waals surface area (Å²) in [5, 5.41) is 2.40. The minimum Gasteiger partial charge on any atom is -0.292 e. The van der Waals surface area contributed by atoms with Gasteiger partial charge in [0.05, 0.1) is 21.9 Å². The lowest BCUT2D eigenvalue weighted by molar-refractivity contribution is -0.157. The van der Waals surface area contributed by atoms with Crippen molar-refractivity contribution in [3.05, 3.63) is 69.7 Å². The average Bonchev–Trinajstić information content (AvgIpc) is 3.51. The maximum Gasteiger partial charge on any atom is 0.273 e. The molecule has 1 heterocycles. The molecule has 2 bridgehead atoms. The Morgan fingerprint density at radius 3 is 2.09 bits per heavy atom. The molecular weight excluding hydrogens is 463 g/mol. The maximum absolute atomic E-state index is 13.7. The highest BCUT2D eigenvalue weighted by molar-refractivity contribution is 6.42. The monoisotopic (exact) mass is 484 g/mol. The van der Waals surface area contributed by atoms with E-state index in [0.717, 1.165) is 29.3 Å². The summed E-state index contributed by atoms with van der Waals surface area (Å²) in [5.74, 6) is -2.33. The standard InChI is InChI=1S/C25H22Cl2N2O4/c1-13(22(30)14-5-3-2-4-6-14)28(23(31)17-9-10-18(26)19(27)12-17)29-24(32)20-15-7-8-16(11-15)21(20)25(29)33/h2-6,9-10,12-13,15-16,20-21H,7-8,11H2,1H3/t13-,15-,16-,20-,21+/m0/s1. The van der Waals surface area contributed by atoms with Gasteiger partial charge in [0.2, 0.25) is 0 Å². The molecule has 0 unspecified atom stereocenters. The highest BCUT2D eigenvalue weighted by Gasteiger charge is 2.63. The van der Waals surface area contributed by atoms with Gasteiger partial charge >= 0.3 is 0 Å². The molecular formula is C25H22Cl2N2O4. The molecule has 33 heavy (non-hydrogen) atoms. The molecule has 1 aliphatic heterocycles. The number of hydrogen-bond donors (Lipinski definition) is 0. The van der Waals surface area contributed by atoms with Crippen LogP contribution in [0.25, 0.3) is 0 Å². The van der Waals surface area contributed by atoms with Crippen LogP contribution in [-0.2, 0) is 9.59 Å². The number of rotatable bonds is 5. The van der Waals surface area contributed by atoms with Gasteiger partial charge in [-0.15, -0.1) is 0 Å². The van der Waals surface area contributed by atoms with E-state index in [4.69, 9.17) is 23.2 Å². The lowest BCUT2D eigenvalue weighted by Crippen LogP contribution is -2.56. The first kappa shape index (κ1) is 22.1. The number of hydrazine groups is 1. The Balaban J connectivity index is 1.56. The Morgan fingerprint density at radius 1 is 0.909 bits per heavy atom. The van der Waals surface area contributed by atoms with Crippen LogP contribution in [-0.4, -0.2) is 39.6 Å². The van der Waals surface area contributed by atoms with Crippen molar-refractivity contribution in [2.45, 2.75) is 32.2 Å². The van der Waals surface area contributed by atoms with Gasteiger partial charge in [0.1, 0.15) is 6.04 Å². The Bertz CT molecular complexity index is 1140. The lowest BCUT2D eigenvalue weighted by atomic mass is 9.81. The van der Waals surface area contributed by atoms with Crippen molar-refractivity contribution in [1.29, 1.82) is 0 Å². The summed E-state index contributed by atoms with van der Waals surface area (Å²) in [4.78, 5) is 54.0. The molecule has 0 aromatic heterocycles. The van der Waals surface area contributed by atoms with Crippen LogP contribution >= 0.6 is 23.2 Å². The van der Waals surface area contributed by atoms with Gasteiger partial charge in [-0.25, -0.2) is 5.01 Å². The molecule has 2 aromatic rings. The average molecular weight is 485 g/mol. The largest absolute Gasteiger partial charge is 0.292 e. The lowest BCUT2D eigenvalue weighted by Gasteiger charge is -2.35. The fourth-order valence-corrected chi connectivity index (χ4v) is 6.06. The number of Topliss-reactive ketones (excluding diaryl/α,β-unsaturated/α-hetero) is 1. The van der Waals surface area contributed by atoms with E-state index < -0.39 is 35.6 Å². The number of carbonyl (C=O) groups excluding carboxylic acids is 4. The van der Waals surface area contributed by atoms with E-state index in [1.54, 1.807) is 30.3 Å². The third kappa shape index (κ3) is 3.47. The Kier molecular flexibility index (Phi) is 5.53. The molecule has 0 radical (unpaired) electrons. The zero-order valence-electron chi connectivity index (χ0n) is 17.9. The first-order valence-electron chi connectivity index (χ1n) is 11.0. The van der Waals surface area contributed by atoms with Crippen molar-refractivity contribution in [2.24, 2.45) is 23.7 Å². The van der Waals surface area contributed by atoms with Crippen molar-refractivity contribution in [2.75, 3.05) is 0 Å². The summed E-state index contributed by atoms with van der Waals surface area (Å²) < 4.78 is 0. The predicted molar refractivity (Wildman–Crippen MR) is 123 cm³/mol. The van der Waals surface area contributed by atoms with Gasteiger partial charge in [-0.05, 0) is 56.2 Å². The summed E-state index contributed by atoms with van der Waals surface area (Å²) >= 11 is 12.1. The summed E-state index contributed by atoms with van der Waals surface area (Å²) in [6, 6.07) is 11.8. The molecule has 5 rings (SSSR count). The second-order valence-electron chi connectivity index (χ2n) is 9.06. The third-order valence-corrected chi connectivity index (χ3v) is 8.04. The van der Waals surface area contributed by atoms with Crippen LogP contribution in [0.3, 0.4) is 0 Å². The zero-order valence-corrected chi connectivity index (χ0v) is 19.4. The van der Waals surface area contributed by atoms with Crippen molar-refractivity contribution >= 4 is 46.7 Å². The minimum atomic E-state index is -1.08. The summed E-state index contributed by atoms with van der Waals surface area (Å²) in [6.45, 7) is 1.54. The zero-order chi connectivity index (χ0) is 23.4. The van der Waals surface area contributed by atoms with E-state index in [9.17, 15) is 19.2 Å². The molecule has 2 aromatic carbocycles. The molecule has 0 N–H and O–H groups in total. The quantitative estimate of drug-likeness (QED) is 0.457. The van der Waals surface area contributed by atoms with Crippen molar-refractivity contribution < 1.29 is 19.2 Å². The molecule has 170 valence electrons. The van der Waals surface area contributed by atoms with Crippen molar-refractivity contribution in [1.82, 2.24) is 10.0 Å². The maximum atomic E-state index is 13.7. The van der Waals surface area contributed by atoms with E-state index in [-0.39, 0.29) is 33.2 Å². The summed E-state index contributed by atoms with van der Waals surface area (Å²) in [7, 11) is 0. The fraction of sp³-hybridized carbons (Fsp3) is 0.360. The number of carbonyl (C=O) groups is 4.